The maximum Gasteiger partial charge on any atom is 0.150 e. The number of hydrogen-bond donors (Lipinski definition) is 1. The Morgan fingerprint density at radius 3 is 2.60 bits per heavy atom. The van der Waals surface area contributed by atoms with Crippen LogP contribution >= 0.6 is 0 Å². The number of halogens is 1. The average molecular weight is 271 g/mol. The van der Waals surface area contributed by atoms with Gasteiger partial charge in [0.2, 0.25) is 0 Å². The largest absolute Gasteiger partial charge is 0.455 e. The van der Waals surface area contributed by atoms with Crippen LogP contribution in [-0.2, 0) is 12.8 Å². The van der Waals surface area contributed by atoms with Crippen molar-refractivity contribution in [1.29, 1.82) is 0 Å². The van der Waals surface area contributed by atoms with Crippen LogP contribution in [0.15, 0.2) is 30.3 Å². The lowest BCUT2D eigenvalue weighted by molar-refractivity contribution is 0.480. The Labute approximate surface area is 118 Å². The Morgan fingerprint density at radius 2 is 1.80 bits per heavy atom. The molecule has 0 radical (unpaired) electrons. The van der Waals surface area contributed by atoms with Gasteiger partial charge in [-0.15, -0.1) is 0 Å². The van der Waals surface area contributed by atoms with Crippen molar-refractivity contribution in [2.24, 2.45) is 0 Å². The van der Waals surface area contributed by atoms with Gasteiger partial charge in [-0.3, -0.25) is 0 Å². The number of anilines is 1. The molecule has 1 aliphatic rings. The summed E-state index contributed by atoms with van der Waals surface area (Å²) in [5.41, 5.74) is 9.43. The summed E-state index contributed by atoms with van der Waals surface area (Å²) < 4.78 is 19.2. The summed E-state index contributed by atoms with van der Waals surface area (Å²) in [6.07, 6.45) is 4.74. The first-order valence-electron chi connectivity index (χ1n) is 6.99. The van der Waals surface area contributed by atoms with E-state index >= 15 is 0 Å². The molecule has 0 fully saturated rings. The highest BCUT2D eigenvalue weighted by molar-refractivity contribution is 5.56. The Kier molecular flexibility index (Phi) is 3.35. The van der Waals surface area contributed by atoms with Crippen LogP contribution in [0.25, 0.3) is 0 Å². The predicted octanol–water partition coefficient (Wildman–Crippen LogP) is 4.39. The van der Waals surface area contributed by atoms with Crippen LogP contribution in [-0.4, -0.2) is 0 Å². The van der Waals surface area contributed by atoms with E-state index in [4.69, 9.17) is 10.5 Å². The first kappa shape index (κ1) is 13.0. The second-order valence-corrected chi connectivity index (χ2v) is 5.38. The molecule has 2 aromatic rings. The monoisotopic (exact) mass is 271 g/mol. The molecule has 2 N–H and O–H groups in total. The molecule has 0 atom stereocenters. The maximum absolute atomic E-state index is 13.4. The lowest BCUT2D eigenvalue weighted by atomic mass is 9.92. The van der Waals surface area contributed by atoms with Crippen LogP contribution in [0.5, 0.6) is 11.5 Å². The molecule has 3 rings (SSSR count). The lowest BCUT2D eigenvalue weighted by Crippen LogP contribution is -2.02. The van der Waals surface area contributed by atoms with E-state index in [0.29, 0.717) is 17.0 Å². The molecule has 20 heavy (non-hydrogen) atoms. The smallest absolute Gasteiger partial charge is 0.150 e. The number of ether oxygens (including phenoxy) is 1. The molecule has 0 saturated heterocycles. The van der Waals surface area contributed by atoms with E-state index in [0.717, 1.165) is 18.6 Å². The summed E-state index contributed by atoms with van der Waals surface area (Å²) in [6, 6.07) is 9.11. The van der Waals surface area contributed by atoms with Crippen LogP contribution in [0.2, 0.25) is 0 Å². The van der Waals surface area contributed by atoms with E-state index in [1.165, 1.54) is 30.0 Å². The quantitative estimate of drug-likeness (QED) is 0.822. The summed E-state index contributed by atoms with van der Waals surface area (Å²) >= 11 is 0. The van der Waals surface area contributed by atoms with E-state index in [-0.39, 0.29) is 5.82 Å². The molecule has 0 bridgehead atoms. The predicted molar refractivity (Wildman–Crippen MR) is 78.7 cm³/mol. The molecule has 0 aliphatic heterocycles. The zero-order valence-corrected chi connectivity index (χ0v) is 11.6. The van der Waals surface area contributed by atoms with Crippen molar-refractivity contribution in [3.63, 3.8) is 0 Å². The fourth-order valence-corrected chi connectivity index (χ4v) is 2.66. The number of fused-ring (bicyclic) bond motifs is 1. The fourth-order valence-electron chi connectivity index (χ4n) is 2.66. The summed E-state index contributed by atoms with van der Waals surface area (Å²) in [5.74, 6) is 0.975. The zero-order chi connectivity index (χ0) is 14.1. The number of benzene rings is 2. The Morgan fingerprint density at radius 1 is 1.05 bits per heavy atom. The molecule has 0 unspecified atom stereocenters. The van der Waals surface area contributed by atoms with Crippen molar-refractivity contribution < 1.29 is 9.13 Å². The molecule has 3 heteroatoms. The van der Waals surface area contributed by atoms with Gasteiger partial charge in [-0.2, -0.15) is 0 Å². The van der Waals surface area contributed by atoms with Crippen molar-refractivity contribution in [3.05, 3.63) is 52.8 Å². The molecule has 0 spiro atoms. The SMILES string of the molecule is Cc1cc(Oc2ccc3c(c2)CCCC3)c(N)cc1F. The van der Waals surface area contributed by atoms with Crippen LogP contribution in [0.1, 0.15) is 29.5 Å². The minimum atomic E-state index is -0.305. The molecule has 2 nitrogen and oxygen atoms in total. The first-order chi connectivity index (χ1) is 9.63. The molecule has 1 aliphatic carbocycles. The molecule has 0 heterocycles. The van der Waals surface area contributed by atoms with Gasteiger partial charge in [0.15, 0.2) is 5.75 Å². The van der Waals surface area contributed by atoms with E-state index in [1.54, 1.807) is 13.0 Å². The van der Waals surface area contributed by atoms with Gasteiger partial charge in [0.1, 0.15) is 11.6 Å². The highest BCUT2D eigenvalue weighted by Gasteiger charge is 2.12. The van der Waals surface area contributed by atoms with E-state index < -0.39 is 0 Å². The van der Waals surface area contributed by atoms with Gasteiger partial charge >= 0.3 is 0 Å². The van der Waals surface area contributed by atoms with Crippen molar-refractivity contribution in [3.8, 4) is 11.5 Å². The van der Waals surface area contributed by atoms with Gasteiger partial charge in [-0.05, 0) is 67.5 Å². The standard InChI is InChI=1S/C17H18FNO/c1-11-8-17(16(19)10-15(11)18)20-14-7-6-12-4-2-3-5-13(12)9-14/h6-10H,2-5,19H2,1H3. The van der Waals surface area contributed by atoms with Crippen molar-refractivity contribution in [2.75, 3.05) is 5.73 Å². The fraction of sp³-hybridized carbons (Fsp3) is 0.294. The summed E-state index contributed by atoms with van der Waals surface area (Å²) in [4.78, 5) is 0. The molecule has 0 saturated carbocycles. The van der Waals surface area contributed by atoms with Crippen LogP contribution < -0.4 is 10.5 Å². The van der Waals surface area contributed by atoms with Crippen molar-refractivity contribution in [2.45, 2.75) is 32.6 Å². The number of nitrogens with two attached hydrogens (primary N) is 1. The van der Waals surface area contributed by atoms with E-state index in [9.17, 15) is 4.39 Å². The van der Waals surface area contributed by atoms with Crippen LogP contribution in [0, 0.1) is 12.7 Å². The maximum atomic E-state index is 13.4. The molecular formula is C17H18FNO. The zero-order valence-electron chi connectivity index (χ0n) is 11.6. The Hall–Kier alpha value is -2.03. The number of aryl methyl sites for hydroxylation is 3. The summed E-state index contributed by atoms with van der Waals surface area (Å²) in [5, 5.41) is 0. The topological polar surface area (TPSA) is 35.2 Å². The molecule has 104 valence electrons. The molecule has 0 aromatic heterocycles. The van der Waals surface area contributed by atoms with Gasteiger partial charge in [0.25, 0.3) is 0 Å². The van der Waals surface area contributed by atoms with Crippen molar-refractivity contribution in [1.82, 2.24) is 0 Å². The lowest BCUT2D eigenvalue weighted by Gasteiger charge is -2.17. The Balaban J connectivity index is 1.89. The molecular weight excluding hydrogens is 253 g/mol. The van der Waals surface area contributed by atoms with E-state index in [2.05, 4.69) is 12.1 Å². The molecule has 0 amide bonds. The van der Waals surface area contributed by atoms with Gasteiger partial charge in [0.05, 0.1) is 5.69 Å². The van der Waals surface area contributed by atoms with Gasteiger partial charge in [0, 0.05) is 6.07 Å². The third kappa shape index (κ3) is 2.48. The van der Waals surface area contributed by atoms with Crippen LogP contribution in [0.3, 0.4) is 0 Å². The first-order valence-corrected chi connectivity index (χ1v) is 6.99. The number of nitrogen functional groups attached to an aromatic ring is 1. The second kappa shape index (κ2) is 5.16. The van der Waals surface area contributed by atoms with Crippen LogP contribution in [0.4, 0.5) is 10.1 Å². The minimum Gasteiger partial charge on any atom is -0.455 e. The average Bonchev–Trinajstić information content (AvgIpc) is 2.44. The summed E-state index contributed by atoms with van der Waals surface area (Å²) in [6.45, 7) is 1.70. The van der Waals surface area contributed by atoms with E-state index in [1.807, 2.05) is 6.07 Å². The minimum absolute atomic E-state index is 0.305. The second-order valence-electron chi connectivity index (χ2n) is 5.38. The van der Waals surface area contributed by atoms with Gasteiger partial charge in [-0.1, -0.05) is 6.07 Å². The van der Waals surface area contributed by atoms with Gasteiger partial charge < -0.3 is 10.5 Å². The number of hydrogen-bond acceptors (Lipinski definition) is 2. The highest BCUT2D eigenvalue weighted by atomic mass is 19.1. The highest BCUT2D eigenvalue weighted by Crippen LogP contribution is 2.32. The normalized spacial score (nSPS) is 13.9. The van der Waals surface area contributed by atoms with Gasteiger partial charge in [-0.25, -0.2) is 4.39 Å². The van der Waals surface area contributed by atoms with Crippen molar-refractivity contribution >= 4 is 5.69 Å². The third-order valence-electron chi connectivity index (χ3n) is 3.84. The summed E-state index contributed by atoms with van der Waals surface area (Å²) in [7, 11) is 0. The number of rotatable bonds is 2. The third-order valence-corrected chi connectivity index (χ3v) is 3.84. The Bertz CT molecular complexity index is 652. The molecule has 2 aromatic carbocycles.